The van der Waals surface area contributed by atoms with Crippen LogP contribution in [-0.4, -0.2) is 11.9 Å². The minimum atomic E-state index is 0.0813. The van der Waals surface area contributed by atoms with Gasteiger partial charge in [-0.15, -0.1) is 11.3 Å². The summed E-state index contributed by atoms with van der Waals surface area (Å²) < 4.78 is 0. The summed E-state index contributed by atoms with van der Waals surface area (Å²) in [5.74, 6) is 0.275. The van der Waals surface area contributed by atoms with Gasteiger partial charge in [-0.25, -0.2) is 0 Å². The fourth-order valence-corrected chi connectivity index (χ4v) is 3.81. The van der Waals surface area contributed by atoms with Crippen molar-refractivity contribution in [2.24, 2.45) is 11.7 Å². The third kappa shape index (κ3) is 4.06. The number of fused-ring (bicyclic) bond motifs is 1. The van der Waals surface area contributed by atoms with Gasteiger partial charge in [-0.05, 0) is 56.0 Å². The van der Waals surface area contributed by atoms with Gasteiger partial charge in [-0.3, -0.25) is 4.79 Å². The molecule has 4 heteroatoms. The summed E-state index contributed by atoms with van der Waals surface area (Å²) in [5.41, 5.74) is 7.09. The Morgan fingerprint density at radius 2 is 2.30 bits per heavy atom. The molecule has 0 spiro atoms. The maximum Gasteiger partial charge on any atom is 0.223 e. The number of nitrogens with one attached hydrogen (secondary N) is 1. The first-order chi connectivity index (χ1) is 9.58. The molecule has 0 radical (unpaired) electrons. The number of aryl methyl sites for hydroxylation is 1. The first kappa shape index (κ1) is 15.5. The van der Waals surface area contributed by atoms with E-state index in [1.807, 2.05) is 25.2 Å². The van der Waals surface area contributed by atoms with Crippen LogP contribution in [0.2, 0.25) is 0 Å². The molecule has 3 atom stereocenters. The number of thiophene rings is 1. The van der Waals surface area contributed by atoms with Crippen molar-refractivity contribution in [3.8, 4) is 0 Å². The topological polar surface area (TPSA) is 55.1 Å². The highest BCUT2D eigenvalue weighted by atomic mass is 32.1. The van der Waals surface area contributed by atoms with E-state index < -0.39 is 0 Å². The van der Waals surface area contributed by atoms with Gasteiger partial charge in [0.25, 0.3) is 0 Å². The van der Waals surface area contributed by atoms with Crippen molar-refractivity contribution in [2.75, 3.05) is 0 Å². The standard InChI is InChI=1S/C16H26N2OS/c1-11(5-3-6-12(2)17)16(19)18-14-7-4-8-15-13(14)9-10-20-15/h9-12,14H,3-8,17H2,1-2H3,(H,18,19). The third-order valence-corrected chi connectivity index (χ3v) is 5.11. The van der Waals surface area contributed by atoms with Gasteiger partial charge in [0.15, 0.2) is 0 Å². The van der Waals surface area contributed by atoms with E-state index in [9.17, 15) is 4.79 Å². The average Bonchev–Trinajstić information content (AvgIpc) is 2.87. The van der Waals surface area contributed by atoms with E-state index in [0.29, 0.717) is 0 Å². The second-order valence-electron chi connectivity index (χ2n) is 6.06. The SMILES string of the molecule is CC(N)CCCC(C)C(=O)NC1CCCc2sccc21. The minimum Gasteiger partial charge on any atom is -0.349 e. The molecule has 0 saturated heterocycles. The number of rotatable bonds is 6. The van der Waals surface area contributed by atoms with Crippen LogP contribution in [0.1, 0.15) is 62.4 Å². The maximum absolute atomic E-state index is 12.3. The molecule has 1 amide bonds. The molecule has 20 heavy (non-hydrogen) atoms. The maximum atomic E-state index is 12.3. The summed E-state index contributed by atoms with van der Waals surface area (Å²) in [4.78, 5) is 13.7. The van der Waals surface area contributed by atoms with Gasteiger partial charge in [0.1, 0.15) is 0 Å². The van der Waals surface area contributed by atoms with Crippen LogP contribution in [0, 0.1) is 5.92 Å². The van der Waals surface area contributed by atoms with E-state index in [-0.39, 0.29) is 23.9 Å². The number of hydrogen-bond donors (Lipinski definition) is 2. The lowest BCUT2D eigenvalue weighted by atomic mass is 9.93. The van der Waals surface area contributed by atoms with Gasteiger partial charge < -0.3 is 11.1 Å². The summed E-state index contributed by atoms with van der Waals surface area (Å²) in [5, 5.41) is 5.38. The van der Waals surface area contributed by atoms with Crippen molar-refractivity contribution in [3.63, 3.8) is 0 Å². The molecular formula is C16H26N2OS. The summed E-state index contributed by atoms with van der Waals surface area (Å²) in [6.45, 7) is 4.04. The minimum absolute atomic E-state index is 0.0813. The van der Waals surface area contributed by atoms with Crippen LogP contribution in [-0.2, 0) is 11.2 Å². The molecule has 1 aliphatic rings. The van der Waals surface area contributed by atoms with Crippen molar-refractivity contribution in [1.82, 2.24) is 5.32 Å². The first-order valence-corrected chi connectivity index (χ1v) is 8.58. The van der Waals surface area contributed by atoms with Crippen molar-refractivity contribution in [3.05, 3.63) is 21.9 Å². The zero-order valence-electron chi connectivity index (χ0n) is 12.5. The van der Waals surface area contributed by atoms with Gasteiger partial charge in [0, 0.05) is 16.8 Å². The third-order valence-electron chi connectivity index (χ3n) is 4.11. The molecule has 0 fully saturated rings. The largest absolute Gasteiger partial charge is 0.349 e. The highest BCUT2D eigenvalue weighted by Gasteiger charge is 2.24. The molecule has 0 saturated carbocycles. The van der Waals surface area contributed by atoms with E-state index in [0.717, 1.165) is 25.7 Å². The summed E-state index contributed by atoms with van der Waals surface area (Å²) >= 11 is 1.82. The number of hydrogen-bond acceptors (Lipinski definition) is 3. The van der Waals surface area contributed by atoms with Crippen molar-refractivity contribution >= 4 is 17.2 Å². The fraction of sp³-hybridized carbons (Fsp3) is 0.688. The number of amides is 1. The monoisotopic (exact) mass is 294 g/mol. The molecule has 3 N–H and O–H groups in total. The summed E-state index contributed by atoms with van der Waals surface area (Å²) in [7, 11) is 0. The van der Waals surface area contributed by atoms with Crippen LogP contribution < -0.4 is 11.1 Å². The summed E-state index contributed by atoms with van der Waals surface area (Å²) in [6, 6.07) is 2.63. The van der Waals surface area contributed by atoms with Gasteiger partial charge in [-0.1, -0.05) is 13.3 Å². The van der Waals surface area contributed by atoms with E-state index in [1.54, 1.807) is 0 Å². The molecule has 1 aromatic heterocycles. The molecule has 1 aliphatic carbocycles. The van der Waals surface area contributed by atoms with Gasteiger partial charge in [0.2, 0.25) is 5.91 Å². The van der Waals surface area contributed by atoms with Crippen LogP contribution in [0.25, 0.3) is 0 Å². The van der Waals surface area contributed by atoms with Crippen molar-refractivity contribution in [1.29, 1.82) is 0 Å². The molecule has 2 rings (SSSR count). The predicted molar refractivity (Wildman–Crippen MR) is 84.8 cm³/mol. The lowest BCUT2D eigenvalue weighted by molar-refractivity contribution is -0.125. The Morgan fingerprint density at radius 3 is 3.05 bits per heavy atom. The van der Waals surface area contributed by atoms with Crippen LogP contribution in [0.15, 0.2) is 11.4 Å². The van der Waals surface area contributed by atoms with Crippen LogP contribution in [0.4, 0.5) is 0 Å². The van der Waals surface area contributed by atoms with Crippen LogP contribution in [0.5, 0.6) is 0 Å². The lowest BCUT2D eigenvalue weighted by Gasteiger charge is -2.25. The first-order valence-electron chi connectivity index (χ1n) is 7.70. The van der Waals surface area contributed by atoms with E-state index in [4.69, 9.17) is 5.73 Å². The van der Waals surface area contributed by atoms with Crippen LogP contribution >= 0.6 is 11.3 Å². The van der Waals surface area contributed by atoms with Gasteiger partial charge in [0.05, 0.1) is 6.04 Å². The van der Waals surface area contributed by atoms with E-state index in [1.165, 1.54) is 23.3 Å². The smallest absolute Gasteiger partial charge is 0.223 e. The zero-order valence-corrected chi connectivity index (χ0v) is 13.3. The zero-order chi connectivity index (χ0) is 14.5. The molecule has 0 aliphatic heterocycles. The Hall–Kier alpha value is -0.870. The second-order valence-corrected chi connectivity index (χ2v) is 7.06. The predicted octanol–water partition coefficient (Wildman–Crippen LogP) is 3.40. The Bertz CT molecular complexity index is 441. The molecule has 1 aromatic rings. The van der Waals surface area contributed by atoms with Crippen molar-refractivity contribution in [2.45, 2.75) is 64.5 Å². The Kier molecular flexibility index (Phi) is 5.61. The lowest BCUT2D eigenvalue weighted by Crippen LogP contribution is -2.34. The Labute approximate surface area is 125 Å². The highest BCUT2D eigenvalue weighted by molar-refractivity contribution is 7.10. The number of nitrogens with two attached hydrogens (primary N) is 1. The van der Waals surface area contributed by atoms with Crippen molar-refractivity contribution < 1.29 is 4.79 Å². The molecule has 0 bridgehead atoms. The second kappa shape index (κ2) is 7.23. The van der Waals surface area contributed by atoms with Crippen LogP contribution in [0.3, 0.4) is 0 Å². The Morgan fingerprint density at radius 1 is 1.50 bits per heavy atom. The van der Waals surface area contributed by atoms with E-state index in [2.05, 4.69) is 16.8 Å². The molecular weight excluding hydrogens is 268 g/mol. The van der Waals surface area contributed by atoms with Gasteiger partial charge >= 0.3 is 0 Å². The average molecular weight is 294 g/mol. The highest BCUT2D eigenvalue weighted by Crippen LogP contribution is 2.33. The molecule has 112 valence electrons. The van der Waals surface area contributed by atoms with Gasteiger partial charge in [-0.2, -0.15) is 0 Å². The molecule has 0 aromatic carbocycles. The fourth-order valence-electron chi connectivity index (χ4n) is 2.83. The normalized spacial score (nSPS) is 21.1. The molecule has 3 nitrogen and oxygen atoms in total. The molecule has 3 unspecified atom stereocenters. The summed E-state index contributed by atoms with van der Waals surface area (Å²) in [6.07, 6.45) is 6.37. The Balaban J connectivity index is 1.83. The number of carbonyl (C=O) groups is 1. The molecule has 1 heterocycles. The van der Waals surface area contributed by atoms with E-state index >= 15 is 0 Å². The quantitative estimate of drug-likeness (QED) is 0.845. The number of carbonyl (C=O) groups excluding carboxylic acids is 1.